The molecule has 0 saturated carbocycles. The number of amides is 1. The average molecular weight is 270 g/mol. The van der Waals surface area contributed by atoms with E-state index in [1.165, 1.54) is 5.56 Å². The summed E-state index contributed by atoms with van der Waals surface area (Å²) in [5.41, 5.74) is 13.1. The van der Waals surface area contributed by atoms with Crippen molar-refractivity contribution in [3.8, 4) is 11.5 Å². The molecule has 0 atom stereocenters. The third-order valence-electron chi connectivity index (χ3n) is 3.07. The molecule has 2 aromatic rings. The number of benzene rings is 2. The van der Waals surface area contributed by atoms with Gasteiger partial charge in [-0.2, -0.15) is 0 Å². The van der Waals surface area contributed by atoms with Gasteiger partial charge in [-0.05, 0) is 41.8 Å². The first kappa shape index (κ1) is 13.9. The molecule has 0 fully saturated rings. The molecule has 0 bridgehead atoms. The van der Waals surface area contributed by atoms with Gasteiger partial charge in [-0.3, -0.25) is 4.79 Å². The summed E-state index contributed by atoms with van der Waals surface area (Å²) in [7, 11) is 0. The van der Waals surface area contributed by atoms with E-state index in [0.717, 1.165) is 0 Å². The number of hydrogen-bond donors (Lipinski definition) is 2. The van der Waals surface area contributed by atoms with Crippen molar-refractivity contribution in [2.45, 2.75) is 19.8 Å². The monoisotopic (exact) mass is 270 g/mol. The largest absolute Gasteiger partial charge is 0.455 e. The zero-order valence-electron chi connectivity index (χ0n) is 11.6. The number of carbonyl (C=O) groups excluding carboxylic acids is 1. The van der Waals surface area contributed by atoms with E-state index in [0.29, 0.717) is 28.7 Å². The summed E-state index contributed by atoms with van der Waals surface area (Å²) in [6.45, 7) is 4.26. The Hall–Kier alpha value is -2.49. The van der Waals surface area contributed by atoms with Crippen LogP contribution in [0.3, 0.4) is 0 Å². The van der Waals surface area contributed by atoms with Gasteiger partial charge in [0.15, 0.2) is 5.75 Å². The van der Waals surface area contributed by atoms with Crippen LogP contribution in [-0.2, 0) is 0 Å². The molecule has 2 rings (SSSR count). The minimum Gasteiger partial charge on any atom is -0.455 e. The molecule has 0 spiro atoms. The maximum absolute atomic E-state index is 11.2. The van der Waals surface area contributed by atoms with Gasteiger partial charge in [-0.25, -0.2) is 0 Å². The minimum absolute atomic E-state index is 0.369. The first-order valence-electron chi connectivity index (χ1n) is 6.44. The second-order valence-electron chi connectivity index (χ2n) is 4.94. The van der Waals surface area contributed by atoms with Crippen molar-refractivity contribution in [1.29, 1.82) is 0 Å². The number of nitrogens with two attached hydrogens (primary N) is 2. The van der Waals surface area contributed by atoms with Crippen molar-refractivity contribution in [3.05, 3.63) is 53.6 Å². The number of anilines is 1. The standard InChI is InChI=1S/C16H18N2O2/c1-10(2)11-3-6-13(7-4-11)20-15-9-12(16(18)19)5-8-14(15)17/h3-10H,17H2,1-2H3,(H2,18,19). The molecule has 1 amide bonds. The topological polar surface area (TPSA) is 78.3 Å². The van der Waals surface area contributed by atoms with E-state index in [1.807, 2.05) is 24.3 Å². The highest BCUT2D eigenvalue weighted by Gasteiger charge is 2.08. The molecular weight excluding hydrogens is 252 g/mol. The van der Waals surface area contributed by atoms with Crippen LogP contribution in [0.5, 0.6) is 11.5 Å². The minimum atomic E-state index is -0.509. The zero-order chi connectivity index (χ0) is 14.7. The lowest BCUT2D eigenvalue weighted by Gasteiger charge is -2.11. The SMILES string of the molecule is CC(C)c1ccc(Oc2cc(C(N)=O)ccc2N)cc1. The van der Waals surface area contributed by atoms with Gasteiger partial charge in [-0.1, -0.05) is 26.0 Å². The predicted octanol–water partition coefficient (Wildman–Crippen LogP) is 3.28. The van der Waals surface area contributed by atoms with Gasteiger partial charge < -0.3 is 16.2 Å². The lowest BCUT2D eigenvalue weighted by atomic mass is 10.0. The molecule has 0 aliphatic heterocycles. The molecule has 0 aliphatic carbocycles. The normalized spacial score (nSPS) is 10.6. The maximum Gasteiger partial charge on any atom is 0.248 e. The third-order valence-corrected chi connectivity index (χ3v) is 3.07. The summed E-state index contributed by atoms with van der Waals surface area (Å²) in [4.78, 5) is 11.2. The smallest absolute Gasteiger partial charge is 0.248 e. The quantitative estimate of drug-likeness (QED) is 0.837. The van der Waals surface area contributed by atoms with E-state index in [4.69, 9.17) is 16.2 Å². The molecule has 0 aliphatic rings. The molecule has 0 saturated heterocycles. The Bertz CT molecular complexity index is 619. The molecule has 4 nitrogen and oxygen atoms in total. The molecule has 4 heteroatoms. The average Bonchev–Trinajstić information content (AvgIpc) is 2.41. The van der Waals surface area contributed by atoms with Gasteiger partial charge in [0.1, 0.15) is 5.75 Å². The molecule has 20 heavy (non-hydrogen) atoms. The van der Waals surface area contributed by atoms with E-state index in [9.17, 15) is 4.79 Å². The number of ether oxygens (including phenoxy) is 1. The first-order chi connectivity index (χ1) is 9.47. The Morgan fingerprint density at radius 1 is 1.10 bits per heavy atom. The van der Waals surface area contributed by atoms with Gasteiger partial charge in [0.25, 0.3) is 0 Å². The fourth-order valence-electron chi connectivity index (χ4n) is 1.82. The third kappa shape index (κ3) is 3.09. The van der Waals surface area contributed by atoms with Crippen LogP contribution in [0.2, 0.25) is 0 Å². The second-order valence-corrected chi connectivity index (χ2v) is 4.94. The first-order valence-corrected chi connectivity index (χ1v) is 6.44. The van der Waals surface area contributed by atoms with Gasteiger partial charge in [0, 0.05) is 5.56 Å². The van der Waals surface area contributed by atoms with Crippen LogP contribution in [0.25, 0.3) is 0 Å². The van der Waals surface area contributed by atoms with Crippen LogP contribution >= 0.6 is 0 Å². The number of nitrogen functional groups attached to an aromatic ring is 1. The lowest BCUT2D eigenvalue weighted by molar-refractivity contribution is 0.1000. The van der Waals surface area contributed by atoms with Gasteiger partial charge in [-0.15, -0.1) is 0 Å². The summed E-state index contributed by atoms with van der Waals surface area (Å²) in [6.07, 6.45) is 0. The maximum atomic E-state index is 11.2. The molecule has 0 aromatic heterocycles. The van der Waals surface area contributed by atoms with E-state index < -0.39 is 5.91 Å². The highest BCUT2D eigenvalue weighted by Crippen LogP contribution is 2.29. The molecule has 4 N–H and O–H groups in total. The predicted molar refractivity (Wildman–Crippen MR) is 80.0 cm³/mol. The molecule has 0 radical (unpaired) electrons. The van der Waals surface area contributed by atoms with E-state index in [-0.39, 0.29) is 0 Å². The molecule has 0 unspecified atom stereocenters. The highest BCUT2D eigenvalue weighted by atomic mass is 16.5. The molecule has 104 valence electrons. The second kappa shape index (κ2) is 5.65. The van der Waals surface area contributed by atoms with Crippen molar-refractivity contribution in [1.82, 2.24) is 0 Å². The number of rotatable bonds is 4. The Balaban J connectivity index is 2.25. The Morgan fingerprint density at radius 3 is 2.30 bits per heavy atom. The van der Waals surface area contributed by atoms with E-state index >= 15 is 0 Å². The van der Waals surface area contributed by atoms with Gasteiger partial charge in [0.05, 0.1) is 5.69 Å². The van der Waals surface area contributed by atoms with E-state index in [2.05, 4.69) is 13.8 Å². The summed E-state index contributed by atoms with van der Waals surface area (Å²) in [5, 5.41) is 0. The highest BCUT2D eigenvalue weighted by molar-refractivity contribution is 5.93. The van der Waals surface area contributed by atoms with Crippen molar-refractivity contribution in [2.75, 3.05) is 5.73 Å². The van der Waals surface area contributed by atoms with E-state index in [1.54, 1.807) is 18.2 Å². The Kier molecular flexibility index (Phi) is 3.94. The van der Waals surface area contributed by atoms with Gasteiger partial charge >= 0.3 is 0 Å². The van der Waals surface area contributed by atoms with Crippen LogP contribution in [0, 0.1) is 0 Å². The number of carbonyl (C=O) groups is 1. The van der Waals surface area contributed by atoms with Crippen molar-refractivity contribution < 1.29 is 9.53 Å². The van der Waals surface area contributed by atoms with Gasteiger partial charge in [0.2, 0.25) is 5.91 Å². The Morgan fingerprint density at radius 2 is 1.75 bits per heavy atom. The summed E-state index contributed by atoms with van der Waals surface area (Å²) in [6, 6.07) is 12.5. The molecular formula is C16H18N2O2. The fourth-order valence-corrected chi connectivity index (χ4v) is 1.82. The Labute approximate surface area is 118 Å². The van der Waals surface area contributed by atoms with Crippen LogP contribution in [0.4, 0.5) is 5.69 Å². The number of hydrogen-bond acceptors (Lipinski definition) is 3. The van der Waals surface area contributed by atoms with Crippen LogP contribution < -0.4 is 16.2 Å². The van der Waals surface area contributed by atoms with Crippen molar-refractivity contribution >= 4 is 11.6 Å². The van der Waals surface area contributed by atoms with Crippen LogP contribution in [0.1, 0.15) is 35.7 Å². The lowest BCUT2D eigenvalue weighted by Crippen LogP contribution is -2.11. The summed E-state index contributed by atoms with van der Waals surface area (Å²) < 4.78 is 5.70. The zero-order valence-corrected chi connectivity index (χ0v) is 11.6. The summed E-state index contributed by atoms with van der Waals surface area (Å²) in [5.74, 6) is 1.05. The van der Waals surface area contributed by atoms with Crippen molar-refractivity contribution in [2.24, 2.45) is 5.73 Å². The summed E-state index contributed by atoms with van der Waals surface area (Å²) >= 11 is 0. The molecule has 0 heterocycles. The van der Waals surface area contributed by atoms with Crippen molar-refractivity contribution in [3.63, 3.8) is 0 Å². The molecule has 2 aromatic carbocycles. The number of primary amides is 1. The fraction of sp³-hybridized carbons (Fsp3) is 0.188. The van der Waals surface area contributed by atoms with Crippen LogP contribution in [-0.4, -0.2) is 5.91 Å². The van der Waals surface area contributed by atoms with Crippen LogP contribution in [0.15, 0.2) is 42.5 Å².